The molecule has 0 spiro atoms. The standard InChI is InChI=1S/C14H17Cl3N2O3S/c1-9-2-4-10(5-3-9)6-18-11-7-23(21,22)8-12(11)19-13(20)14(15,16)17/h2-5,11-12,18H,6-8H2,1H3,(H,19,20)/t11-,12+/m0/s1. The topological polar surface area (TPSA) is 75.3 Å². The lowest BCUT2D eigenvalue weighted by molar-refractivity contribution is -0.120. The maximum atomic E-state index is 11.8. The Morgan fingerprint density at radius 3 is 2.30 bits per heavy atom. The molecule has 1 saturated heterocycles. The number of alkyl halides is 3. The molecule has 1 aromatic carbocycles. The van der Waals surface area contributed by atoms with Crippen LogP contribution in [0.25, 0.3) is 0 Å². The zero-order valence-electron chi connectivity index (χ0n) is 12.4. The maximum absolute atomic E-state index is 11.8. The van der Waals surface area contributed by atoms with Gasteiger partial charge in [-0.05, 0) is 12.5 Å². The van der Waals surface area contributed by atoms with Gasteiger partial charge in [0.05, 0.1) is 17.5 Å². The molecule has 1 heterocycles. The van der Waals surface area contributed by atoms with Crippen LogP contribution in [0, 0.1) is 6.92 Å². The van der Waals surface area contributed by atoms with Crippen LogP contribution >= 0.6 is 34.8 Å². The van der Waals surface area contributed by atoms with Gasteiger partial charge < -0.3 is 10.6 Å². The van der Waals surface area contributed by atoms with E-state index in [1.165, 1.54) is 0 Å². The van der Waals surface area contributed by atoms with E-state index in [2.05, 4.69) is 10.6 Å². The summed E-state index contributed by atoms with van der Waals surface area (Å²) in [4.78, 5) is 11.8. The lowest BCUT2D eigenvalue weighted by Crippen LogP contribution is -2.51. The average molecular weight is 400 g/mol. The molecular formula is C14H17Cl3N2O3S. The molecule has 0 radical (unpaired) electrons. The number of hydrogen-bond donors (Lipinski definition) is 2. The first kappa shape index (κ1) is 18.8. The Morgan fingerprint density at radius 2 is 1.74 bits per heavy atom. The van der Waals surface area contributed by atoms with Gasteiger partial charge in [-0.1, -0.05) is 64.6 Å². The van der Waals surface area contributed by atoms with Crippen LogP contribution in [0.2, 0.25) is 0 Å². The number of amides is 1. The summed E-state index contributed by atoms with van der Waals surface area (Å²) < 4.78 is 21.6. The zero-order chi connectivity index (χ0) is 17.3. The highest BCUT2D eigenvalue weighted by molar-refractivity contribution is 7.91. The number of halogens is 3. The molecule has 2 N–H and O–H groups in total. The van der Waals surface area contributed by atoms with Crippen molar-refractivity contribution >= 4 is 50.5 Å². The van der Waals surface area contributed by atoms with Crippen molar-refractivity contribution in [3.8, 4) is 0 Å². The predicted molar refractivity (Wildman–Crippen MR) is 92.7 cm³/mol. The molecule has 0 bridgehead atoms. The van der Waals surface area contributed by atoms with Gasteiger partial charge >= 0.3 is 0 Å². The highest BCUT2D eigenvalue weighted by Gasteiger charge is 2.41. The number of carbonyl (C=O) groups is 1. The van der Waals surface area contributed by atoms with Gasteiger partial charge in [-0.15, -0.1) is 0 Å². The first-order valence-electron chi connectivity index (χ1n) is 6.94. The number of hydrogen-bond acceptors (Lipinski definition) is 4. The number of benzene rings is 1. The minimum absolute atomic E-state index is 0.0658. The van der Waals surface area contributed by atoms with E-state index in [0.717, 1.165) is 11.1 Å². The Hall–Kier alpha value is -0.530. The van der Waals surface area contributed by atoms with Crippen molar-refractivity contribution in [3.63, 3.8) is 0 Å². The fourth-order valence-electron chi connectivity index (χ4n) is 2.40. The summed E-state index contributed by atoms with van der Waals surface area (Å²) in [6.45, 7) is 2.48. The van der Waals surface area contributed by atoms with Crippen LogP contribution < -0.4 is 10.6 Å². The van der Waals surface area contributed by atoms with E-state index in [4.69, 9.17) is 34.8 Å². The predicted octanol–water partition coefficient (Wildman–Crippen LogP) is 1.74. The Bertz CT molecular complexity index is 672. The van der Waals surface area contributed by atoms with Crippen LogP contribution in [0.1, 0.15) is 11.1 Å². The monoisotopic (exact) mass is 398 g/mol. The molecule has 0 saturated carbocycles. The van der Waals surface area contributed by atoms with Crippen LogP contribution in [0.3, 0.4) is 0 Å². The Kier molecular flexibility index (Phi) is 5.85. The average Bonchev–Trinajstić information content (AvgIpc) is 2.71. The molecular weight excluding hydrogens is 383 g/mol. The van der Waals surface area contributed by atoms with Gasteiger partial charge in [-0.3, -0.25) is 4.79 Å². The maximum Gasteiger partial charge on any atom is 0.272 e. The van der Waals surface area contributed by atoms with Gasteiger partial charge in [0.15, 0.2) is 9.84 Å². The number of rotatable bonds is 4. The number of aryl methyl sites for hydroxylation is 1. The summed E-state index contributed by atoms with van der Waals surface area (Å²) in [5.41, 5.74) is 2.16. The van der Waals surface area contributed by atoms with Crippen molar-refractivity contribution in [1.82, 2.24) is 10.6 Å². The van der Waals surface area contributed by atoms with E-state index in [-0.39, 0.29) is 11.5 Å². The number of sulfone groups is 1. The molecule has 1 fully saturated rings. The molecule has 2 atom stereocenters. The summed E-state index contributed by atoms with van der Waals surface area (Å²) in [7, 11) is -3.25. The van der Waals surface area contributed by atoms with E-state index in [1.54, 1.807) is 0 Å². The second kappa shape index (κ2) is 7.15. The summed E-state index contributed by atoms with van der Waals surface area (Å²) in [5.74, 6) is -1.07. The smallest absolute Gasteiger partial charge is 0.272 e. The summed E-state index contributed by atoms with van der Waals surface area (Å²) >= 11 is 16.6. The molecule has 128 valence electrons. The summed E-state index contributed by atoms with van der Waals surface area (Å²) in [6, 6.07) is 6.81. The fraction of sp³-hybridized carbons (Fsp3) is 0.500. The molecule has 0 aliphatic carbocycles. The van der Waals surface area contributed by atoms with Gasteiger partial charge in [0.2, 0.25) is 0 Å². The quantitative estimate of drug-likeness (QED) is 0.756. The van der Waals surface area contributed by atoms with Crippen molar-refractivity contribution < 1.29 is 13.2 Å². The highest BCUT2D eigenvalue weighted by atomic mass is 35.6. The highest BCUT2D eigenvalue weighted by Crippen LogP contribution is 2.27. The zero-order valence-corrected chi connectivity index (χ0v) is 15.4. The molecule has 9 heteroatoms. The molecule has 23 heavy (non-hydrogen) atoms. The Morgan fingerprint density at radius 1 is 1.17 bits per heavy atom. The van der Waals surface area contributed by atoms with Crippen LogP contribution in [0.5, 0.6) is 0 Å². The van der Waals surface area contributed by atoms with E-state index in [9.17, 15) is 13.2 Å². The van der Waals surface area contributed by atoms with Crippen LogP contribution in [-0.2, 0) is 21.2 Å². The van der Waals surface area contributed by atoms with Gasteiger partial charge in [0.25, 0.3) is 9.70 Å². The van der Waals surface area contributed by atoms with Crippen molar-refractivity contribution in [2.24, 2.45) is 0 Å². The number of nitrogens with one attached hydrogen (secondary N) is 2. The molecule has 0 aromatic heterocycles. The van der Waals surface area contributed by atoms with Gasteiger partial charge in [0, 0.05) is 12.6 Å². The van der Waals surface area contributed by atoms with Crippen molar-refractivity contribution in [2.75, 3.05) is 11.5 Å². The van der Waals surface area contributed by atoms with Crippen molar-refractivity contribution in [2.45, 2.75) is 29.3 Å². The molecule has 1 amide bonds. The molecule has 1 aliphatic rings. The molecule has 5 nitrogen and oxygen atoms in total. The van der Waals surface area contributed by atoms with Crippen molar-refractivity contribution in [1.29, 1.82) is 0 Å². The third-order valence-corrected chi connectivity index (χ3v) is 5.86. The van der Waals surface area contributed by atoms with Gasteiger partial charge in [-0.2, -0.15) is 0 Å². The first-order valence-corrected chi connectivity index (χ1v) is 9.89. The van der Waals surface area contributed by atoms with E-state index >= 15 is 0 Å². The normalized spacial score (nSPS) is 23.7. The largest absolute Gasteiger partial charge is 0.347 e. The number of carbonyl (C=O) groups excluding carboxylic acids is 1. The third kappa shape index (κ3) is 5.50. The van der Waals surface area contributed by atoms with E-state index < -0.39 is 31.6 Å². The van der Waals surface area contributed by atoms with E-state index in [0.29, 0.717) is 6.54 Å². The SMILES string of the molecule is Cc1ccc(CN[C@H]2CS(=O)(=O)C[C@H]2NC(=O)C(Cl)(Cl)Cl)cc1. The van der Waals surface area contributed by atoms with Crippen LogP contribution in [-0.4, -0.2) is 41.7 Å². The van der Waals surface area contributed by atoms with Crippen LogP contribution in [0.4, 0.5) is 0 Å². The lowest BCUT2D eigenvalue weighted by atomic mass is 10.1. The van der Waals surface area contributed by atoms with Gasteiger partial charge in [0.1, 0.15) is 0 Å². The Balaban J connectivity index is 2.02. The molecule has 2 rings (SSSR count). The molecule has 1 aliphatic heterocycles. The van der Waals surface area contributed by atoms with Crippen LogP contribution in [0.15, 0.2) is 24.3 Å². The lowest BCUT2D eigenvalue weighted by Gasteiger charge is -2.22. The molecule has 0 unspecified atom stereocenters. The second-order valence-electron chi connectivity index (χ2n) is 5.63. The fourth-order valence-corrected chi connectivity index (χ4v) is 4.46. The summed E-state index contributed by atoms with van der Waals surface area (Å²) in [5, 5.41) is 5.65. The second-order valence-corrected chi connectivity index (χ2v) is 10.1. The van der Waals surface area contributed by atoms with Crippen molar-refractivity contribution in [3.05, 3.63) is 35.4 Å². The van der Waals surface area contributed by atoms with Gasteiger partial charge in [-0.25, -0.2) is 8.42 Å². The summed E-state index contributed by atoms with van der Waals surface area (Å²) in [6.07, 6.45) is 0. The third-order valence-electron chi connectivity index (χ3n) is 3.62. The minimum Gasteiger partial charge on any atom is -0.347 e. The Labute approximate surface area is 150 Å². The van der Waals surface area contributed by atoms with E-state index in [1.807, 2.05) is 31.2 Å². The first-order chi connectivity index (χ1) is 10.6. The molecule has 1 aromatic rings. The minimum atomic E-state index is -3.25.